The molecule has 0 aliphatic carbocycles. The molecule has 33 heavy (non-hydrogen) atoms. The molecule has 7 nitrogen and oxygen atoms in total. The number of aromatic amines is 1. The van der Waals surface area contributed by atoms with Crippen LogP contribution in [-0.2, 0) is 0 Å². The maximum absolute atomic E-state index is 13.2. The SMILES string of the molecule is COc1cc(-c2nn3c(C)c(C(=O)N[C@H](C)c4ccc(F)cc4)c(C)c3c(=O)[nH]2)ccc1Cl. The highest BCUT2D eigenvalue weighted by molar-refractivity contribution is 6.32. The van der Waals surface area contributed by atoms with Crippen molar-refractivity contribution in [1.82, 2.24) is 19.9 Å². The van der Waals surface area contributed by atoms with Crippen LogP contribution in [0.1, 0.15) is 40.1 Å². The number of ether oxygens (including phenoxy) is 1. The summed E-state index contributed by atoms with van der Waals surface area (Å²) < 4.78 is 19.9. The predicted molar refractivity (Wildman–Crippen MR) is 125 cm³/mol. The van der Waals surface area contributed by atoms with E-state index in [9.17, 15) is 14.0 Å². The first-order chi connectivity index (χ1) is 15.7. The lowest BCUT2D eigenvalue weighted by Crippen LogP contribution is -2.27. The lowest BCUT2D eigenvalue weighted by molar-refractivity contribution is 0.0938. The third kappa shape index (κ3) is 4.09. The third-order valence-corrected chi connectivity index (χ3v) is 5.95. The van der Waals surface area contributed by atoms with E-state index >= 15 is 0 Å². The van der Waals surface area contributed by atoms with Gasteiger partial charge in [-0.25, -0.2) is 8.91 Å². The molecular weight excluding hydrogens is 447 g/mol. The van der Waals surface area contributed by atoms with E-state index in [-0.39, 0.29) is 28.8 Å². The van der Waals surface area contributed by atoms with Crippen LogP contribution in [0.4, 0.5) is 4.39 Å². The first-order valence-corrected chi connectivity index (χ1v) is 10.6. The molecule has 0 spiro atoms. The Balaban J connectivity index is 1.75. The van der Waals surface area contributed by atoms with Gasteiger partial charge in [0.2, 0.25) is 0 Å². The Kier molecular flexibility index (Phi) is 5.95. The van der Waals surface area contributed by atoms with Crippen LogP contribution in [0.15, 0.2) is 47.3 Å². The lowest BCUT2D eigenvalue weighted by Gasteiger charge is -2.14. The van der Waals surface area contributed by atoms with Gasteiger partial charge in [0.25, 0.3) is 11.5 Å². The van der Waals surface area contributed by atoms with Gasteiger partial charge in [-0.05, 0) is 62.2 Å². The summed E-state index contributed by atoms with van der Waals surface area (Å²) in [6.45, 7) is 5.25. The van der Waals surface area contributed by atoms with E-state index in [2.05, 4.69) is 15.4 Å². The second kappa shape index (κ2) is 8.71. The van der Waals surface area contributed by atoms with Crippen molar-refractivity contribution in [2.75, 3.05) is 7.11 Å². The minimum Gasteiger partial charge on any atom is -0.495 e. The Morgan fingerprint density at radius 2 is 1.91 bits per heavy atom. The fourth-order valence-corrected chi connectivity index (χ4v) is 4.08. The van der Waals surface area contributed by atoms with Crippen LogP contribution in [0, 0.1) is 19.7 Å². The standard InChI is InChI=1S/C24H22ClFN4O3/c1-12-20(23(31)27-13(2)15-5-8-17(26)9-6-15)14(3)30-21(12)24(32)28-22(29-30)16-7-10-18(25)19(11-16)33-4/h5-11,13H,1-4H3,(H,27,31)(H,28,29,32)/t13-/m1/s1. The highest BCUT2D eigenvalue weighted by Gasteiger charge is 2.24. The molecule has 1 atom stereocenters. The molecule has 4 rings (SSSR count). The van der Waals surface area contributed by atoms with E-state index in [0.717, 1.165) is 5.56 Å². The largest absolute Gasteiger partial charge is 0.495 e. The number of hydrogen-bond donors (Lipinski definition) is 2. The van der Waals surface area contributed by atoms with E-state index in [0.29, 0.717) is 39.0 Å². The molecule has 9 heteroatoms. The lowest BCUT2D eigenvalue weighted by atomic mass is 10.1. The number of H-pyrrole nitrogens is 1. The first kappa shape index (κ1) is 22.5. The molecule has 1 amide bonds. The number of nitrogens with zero attached hydrogens (tertiary/aromatic N) is 2. The van der Waals surface area contributed by atoms with E-state index in [1.54, 1.807) is 44.2 Å². The van der Waals surface area contributed by atoms with Crippen LogP contribution in [0.5, 0.6) is 5.75 Å². The molecule has 0 aliphatic heterocycles. The number of hydrogen-bond acceptors (Lipinski definition) is 4. The number of benzene rings is 2. The van der Waals surface area contributed by atoms with Gasteiger partial charge in [0.05, 0.1) is 29.4 Å². The molecule has 170 valence electrons. The number of carbonyl (C=O) groups is 1. The maximum atomic E-state index is 13.2. The Labute approximate surface area is 194 Å². The number of halogens is 2. The number of methoxy groups -OCH3 is 1. The number of fused-ring (bicyclic) bond motifs is 1. The number of aromatic nitrogens is 3. The van der Waals surface area contributed by atoms with Gasteiger partial charge in [0.1, 0.15) is 17.1 Å². The molecule has 0 fully saturated rings. The Hall–Kier alpha value is -3.65. The normalized spacial score (nSPS) is 12.1. The molecule has 0 unspecified atom stereocenters. The van der Waals surface area contributed by atoms with Crippen molar-refractivity contribution >= 4 is 23.0 Å². The van der Waals surface area contributed by atoms with Gasteiger partial charge in [-0.3, -0.25) is 9.59 Å². The second-order valence-corrected chi connectivity index (χ2v) is 8.15. The van der Waals surface area contributed by atoms with Crippen molar-refractivity contribution in [1.29, 1.82) is 0 Å². The van der Waals surface area contributed by atoms with Gasteiger partial charge in [-0.2, -0.15) is 0 Å². The summed E-state index contributed by atoms with van der Waals surface area (Å²) in [6, 6.07) is 10.6. The van der Waals surface area contributed by atoms with E-state index in [1.807, 2.05) is 6.92 Å². The summed E-state index contributed by atoms with van der Waals surface area (Å²) in [5, 5.41) is 7.92. The average Bonchev–Trinajstić information content (AvgIpc) is 3.04. The van der Waals surface area contributed by atoms with Crippen molar-refractivity contribution in [2.45, 2.75) is 26.8 Å². The van der Waals surface area contributed by atoms with E-state index < -0.39 is 0 Å². The highest BCUT2D eigenvalue weighted by atomic mass is 35.5. The van der Waals surface area contributed by atoms with Gasteiger partial charge < -0.3 is 15.0 Å². The number of carbonyl (C=O) groups excluding carboxylic acids is 1. The smallest absolute Gasteiger partial charge is 0.275 e. The van der Waals surface area contributed by atoms with Crippen LogP contribution in [0.25, 0.3) is 16.9 Å². The summed E-state index contributed by atoms with van der Waals surface area (Å²) in [4.78, 5) is 28.8. The monoisotopic (exact) mass is 468 g/mol. The molecule has 0 saturated heterocycles. The van der Waals surface area contributed by atoms with Crippen LogP contribution in [0.3, 0.4) is 0 Å². The maximum Gasteiger partial charge on any atom is 0.275 e. The number of nitrogens with one attached hydrogen (secondary N) is 2. The fourth-order valence-electron chi connectivity index (χ4n) is 3.88. The van der Waals surface area contributed by atoms with E-state index in [1.165, 1.54) is 23.8 Å². The summed E-state index contributed by atoms with van der Waals surface area (Å²) >= 11 is 6.10. The van der Waals surface area contributed by atoms with Crippen molar-refractivity contribution in [2.24, 2.45) is 0 Å². The third-order valence-electron chi connectivity index (χ3n) is 5.64. The van der Waals surface area contributed by atoms with Crippen LogP contribution in [-0.4, -0.2) is 27.6 Å². The Bertz CT molecular complexity index is 1430. The molecule has 0 bridgehead atoms. The topological polar surface area (TPSA) is 88.5 Å². The fraction of sp³-hybridized carbons (Fsp3) is 0.208. The zero-order valence-electron chi connectivity index (χ0n) is 18.5. The first-order valence-electron chi connectivity index (χ1n) is 10.2. The van der Waals surface area contributed by atoms with Gasteiger partial charge in [0, 0.05) is 5.56 Å². The molecule has 2 N–H and O–H groups in total. The van der Waals surface area contributed by atoms with Crippen molar-refractivity contribution in [3.8, 4) is 17.1 Å². The second-order valence-electron chi connectivity index (χ2n) is 7.74. The molecule has 0 aliphatic rings. The zero-order valence-corrected chi connectivity index (χ0v) is 19.2. The minimum atomic E-state index is -0.375. The van der Waals surface area contributed by atoms with Crippen LogP contribution < -0.4 is 15.6 Å². The summed E-state index contributed by atoms with van der Waals surface area (Å²) in [5.74, 6) is 0.0721. The van der Waals surface area contributed by atoms with Gasteiger partial charge in [0.15, 0.2) is 5.82 Å². The molecule has 2 aromatic carbocycles. The summed E-state index contributed by atoms with van der Waals surface area (Å²) in [5.41, 5.74) is 2.70. The number of rotatable bonds is 5. The predicted octanol–water partition coefficient (Wildman–Crippen LogP) is 4.60. The molecule has 0 saturated carbocycles. The molecule has 4 aromatic rings. The van der Waals surface area contributed by atoms with Crippen molar-refractivity contribution < 1.29 is 13.9 Å². The van der Waals surface area contributed by atoms with Crippen molar-refractivity contribution in [3.63, 3.8) is 0 Å². The quantitative estimate of drug-likeness (QED) is 0.448. The Morgan fingerprint density at radius 3 is 2.58 bits per heavy atom. The average molecular weight is 469 g/mol. The molecule has 0 radical (unpaired) electrons. The van der Waals surface area contributed by atoms with Gasteiger partial charge in [-0.1, -0.05) is 23.7 Å². The zero-order chi connectivity index (χ0) is 23.9. The Morgan fingerprint density at radius 1 is 1.21 bits per heavy atom. The van der Waals surface area contributed by atoms with E-state index in [4.69, 9.17) is 16.3 Å². The summed E-state index contributed by atoms with van der Waals surface area (Å²) in [6.07, 6.45) is 0. The molecule has 2 aromatic heterocycles. The molecular formula is C24H22ClFN4O3. The van der Waals surface area contributed by atoms with Crippen LogP contribution >= 0.6 is 11.6 Å². The van der Waals surface area contributed by atoms with Gasteiger partial charge in [-0.15, -0.1) is 5.10 Å². The highest BCUT2D eigenvalue weighted by Crippen LogP contribution is 2.29. The van der Waals surface area contributed by atoms with Crippen molar-refractivity contribution in [3.05, 3.63) is 86.0 Å². The van der Waals surface area contributed by atoms with Crippen LogP contribution in [0.2, 0.25) is 5.02 Å². The van der Waals surface area contributed by atoms with Gasteiger partial charge >= 0.3 is 0 Å². The summed E-state index contributed by atoms with van der Waals surface area (Å²) in [7, 11) is 1.50. The molecule has 2 heterocycles. The number of amides is 1. The number of aryl methyl sites for hydroxylation is 2. The minimum absolute atomic E-state index is 0.289.